The van der Waals surface area contributed by atoms with Gasteiger partial charge in [0.2, 0.25) is 5.91 Å². The Morgan fingerprint density at radius 3 is 2.58 bits per heavy atom. The fraction of sp³-hybridized carbons (Fsp3) is 0.385. The van der Waals surface area contributed by atoms with Gasteiger partial charge in [0.25, 0.3) is 0 Å². The normalized spacial score (nSPS) is 11.9. The van der Waals surface area contributed by atoms with Crippen LogP contribution in [-0.4, -0.2) is 41.3 Å². The molecule has 6 heteroatoms. The first-order valence-corrected chi connectivity index (χ1v) is 5.97. The molecule has 104 valence electrons. The molecule has 0 spiro atoms. The number of para-hydroxylation sites is 1. The number of aliphatic carboxylic acids is 1. The SMILES string of the molecule is Cc1ccccc1NC(=O)CC(NCCO)C(=O)O. The van der Waals surface area contributed by atoms with Crippen LogP contribution in [0.4, 0.5) is 5.69 Å². The van der Waals surface area contributed by atoms with Crippen LogP contribution in [0.1, 0.15) is 12.0 Å². The number of carbonyl (C=O) groups is 2. The lowest BCUT2D eigenvalue weighted by Gasteiger charge is -2.14. The third-order valence-electron chi connectivity index (χ3n) is 2.61. The van der Waals surface area contributed by atoms with Gasteiger partial charge < -0.3 is 20.8 Å². The number of carboxylic acids is 1. The van der Waals surface area contributed by atoms with E-state index in [9.17, 15) is 9.59 Å². The monoisotopic (exact) mass is 266 g/mol. The summed E-state index contributed by atoms with van der Waals surface area (Å²) >= 11 is 0. The molecule has 0 saturated heterocycles. The highest BCUT2D eigenvalue weighted by Gasteiger charge is 2.20. The van der Waals surface area contributed by atoms with Gasteiger partial charge >= 0.3 is 5.97 Å². The third kappa shape index (κ3) is 5.07. The van der Waals surface area contributed by atoms with Gasteiger partial charge in [-0.25, -0.2) is 0 Å². The summed E-state index contributed by atoms with van der Waals surface area (Å²) in [5.41, 5.74) is 1.57. The molecule has 1 aromatic carbocycles. The molecule has 0 saturated carbocycles. The number of aliphatic hydroxyl groups excluding tert-OH is 1. The van der Waals surface area contributed by atoms with Crippen molar-refractivity contribution in [1.29, 1.82) is 0 Å². The van der Waals surface area contributed by atoms with Crippen LogP contribution in [0, 0.1) is 6.92 Å². The van der Waals surface area contributed by atoms with E-state index >= 15 is 0 Å². The largest absolute Gasteiger partial charge is 0.480 e. The minimum absolute atomic E-state index is 0.134. The fourth-order valence-corrected chi connectivity index (χ4v) is 1.59. The van der Waals surface area contributed by atoms with E-state index in [-0.39, 0.29) is 25.5 Å². The number of carboxylic acid groups (broad SMARTS) is 1. The molecule has 0 bridgehead atoms. The van der Waals surface area contributed by atoms with Crippen molar-refractivity contribution in [3.8, 4) is 0 Å². The highest BCUT2D eigenvalue weighted by molar-refractivity contribution is 5.94. The van der Waals surface area contributed by atoms with Crippen LogP contribution < -0.4 is 10.6 Å². The van der Waals surface area contributed by atoms with Crippen LogP contribution >= 0.6 is 0 Å². The van der Waals surface area contributed by atoms with Crippen LogP contribution in [0.25, 0.3) is 0 Å². The number of nitrogens with one attached hydrogen (secondary N) is 2. The molecule has 0 aromatic heterocycles. The summed E-state index contributed by atoms with van der Waals surface area (Å²) in [5, 5.41) is 22.8. The lowest BCUT2D eigenvalue weighted by atomic mass is 10.1. The second-order valence-corrected chi connectivity index (χ2v) is 4.14. The predicted octanol–water partition coefficient (Wildman–Crippen LogP) is 0.359. The van der Waals surface area contributed by atoms with Crippen LogP contribution in [-0.2, 0) is 9.59 Å². The molecule has 1 rings (SSSR count). The van der Waals surface area contributed by atoms with E-state index in [0.29, 0.717) is 5.69 Å². The zero-order valence-electron chi connectivity index (χ0n) is 10.7. The highest BCUT2D eigenvalue weighted by Crippen LogP contribution is 2.13. The molecule has 1 atom stereocenters. The van der Waals surface area contributed by atoms with Gasteiger partial charge in [-0.1, -0.05) is 18.2 Å². The quantitative estimate of drug-likeness (QED) is 0.571. The number of amides is 1. The van der Waals surface area contributed by atoms with Gasteiger partial charge in [-0.05, 0) is 18.6 Å². The summed E-state index contributed by atoms with van der Waals surface area (Å²) in [6, 6.07) is 6.25. The maximum absolute atomic E-state index is 11.8. The van der Waals surface area contributed by atoms with Crippen LogP contribution in [0.15, 0.2) is 24.3 Å². The lowest BCUT2D eigenvalue weighted by molar-refractivity contribution is -0.141. The number of anilines is 1. The van der Waals surface area contributed by atoms with Crippen LogP contribution in [0.5, 0.6) is 0 Å². The van der Waals surface area contributed by atoms with Gasteiger partial charge in [0.15, 0.2) is 0 Å². The molecule has 0 heterocycles. The summed E-state index contributed by atoms with van der Waals surface area (Å²) in [5.74, 6) is -1.50. The van der Waals surface area contributed by atoms with E-state index in [1.807, 2.05) is 19.1 Å². The van der Waals surface area contributed by atoms with E-state index in [1.165, 1.54) is 0 Å². The Bertz CT molecular complexity index is 448. The summed E-state index contributed by atoms with van der Waals surface area (Å²) < 4.78 is 0. The number of benzene rings is 1. The summed E-state index contributed by atoms with van der Waals surface area (Å²) in [6.45, 7) is 1.81. The maximum Gasteiger partial charge on any atom is 0.321 e. The summed E-state index contributed by atoms with van der Waals surface area (Å²) in [6.07, 6.45) is -0.191. The van der Waals surface area contributed by atoms with Gasteiger partial charge in [-0.15, -0.1) is 0 Å². The Morgan fingerprint density at radius 2 is 2.00 bits per heavy atom. The van der Waals surface area contributed by atoms with Crippen molar-refractivity contribution in [1.82, 2.24) is 5.32 Å². The van der Waals surface area contributed by atoms with Crippen LogP contribution in [0.2, 0.25) is 0 Å². The Balaban J connectivity index is 2.58. The zero-order chi connectivity index (χ0) is 14.3. The Hall–Kier alpha value is -1.92. The lowest BCUT2D eigenvalue weighted by Crippen LogP contribution is -2.41. The minimum Gasteiger partial charge on any atom is -0.480 e. The fourth-order valence-electron chi connectivity index (χ4n) is 1.59. The molecule has 1 aromatic rings. The van der Waals surface area contributed by atoms with Crippen molar-refractivity contribution >= 4 is 17.6 Å². The average Bonchev–Trinajstić information content (AvgIpc) is 2.37. The van der Waals surface area contributed by atoms with E-state index < -0.39 is 12.0 Å². The number of aryl methyl sites for hydroxylation is 1. The van der Waals surface area contributed by atoms with E-state index in [0.717, 1.165) is 5.56 Å². The number of carbonyl (C=O) groups excluding carboxylic acids is 1. The second kappa shape index (κ2) is 7.50. The average molecular weight is 266 g/mol. The van der Waals surface area contributed by atoms with E-state index in [2.05, 4.69) is 10.6 Å². The molecule has 0 aliphatic heterocycles. The number of hydrogen-bond donors (Lipinski definition) is 4. The van der Waals surface area contributed by atoms with Crippen molar-refractivity contribution in [2.45, 2.75) is 19.4 Å². The van der Waals surface area contributed by atoms with Crippen molar-refractivity contribution in [2.24, 2.45) is 0 Å². The van der Waals surface area contributed by atoms with Gasteiger partial charge in [0, 0.05) is 12.2 Å². The Labute approximate surface area is 111 Å². The first-order valence-electron chi connectivity index (χ1n) is 5.97. The van der Waals surface area contributed by atoms with Crippen molar-refractivity contribution in [3.63, 3.8) is 0 Å². The molecule has 0 radical (unpaired) electrons. The topological polar surface area (TPSA) is 98.7 Å². The number of hydrogen-bond acceptors (Lipinski definition) is 4. The molecule has 1 amide bonds. The van der Waals surface area contributed by atoms with Crippen molar-refractivity contribution in [2.75, 3.05) is 18.5 Å². The first kappa shape index (κ1) is 15.1. The Kier molecular flexibility index (Phi) is 5.98. The van der Waals surface area contributed by atoms with E-state index in [4.69, 9.17) is 10.2 Å². The van der Waals surface area contributed by atoms with Gasteiger partial charge in [0.1, 0.15) is 6.04 Å². The summed E-state index contributed by atoms with van der Waals surface area (Å²) in [4.78, 5) is 22.7. The minimum atomic E-state index is -1.12. The number of rotatable bonds is 7. The molecule has 6 nitrogen and oxygen atoms in total. The molecule has 19 heavy (non-hydrogen) atoms. The molecule has 0 fully saturated rings. The first-order chi connectivity index (χ1) is 9.04. The molecule has 4 N–H and O–H groups in total. The van der Waals surface area contributed by atoms with Crippen molar-refractivity contribution in [3.05, 3.63) is 29.8 Å². The maximum atomic E-state index is 11.8. The van der Waals surface area contributed by atoms with Gasteiger partial charge in [0.05, 0.1) is 13.0 Å². The molecular formula is C13H18N2O4. The third-order valence-corrected chi connectivity index (χ3v) is 2.61. The molecule has 0 aliphatic carbocycles. The molecule has 0 aliphatic rings. The summed E-state index contributed by atoms with van der Waals surface area (Å²) in [7, 11) is 0. The highest BCUT2D eigenvalue weighted by atomic mass is 16.4. The zero-order valence-corrected chi connectivity index (χ0v) is 10.7. The standard InChI is InChI=1S/C13H18N2O4/c1-9-4-2-3-5-10(9)15-12(17)8-11(13(18)19)14-6-7-16/h2-5,11,14,16H,6-8H2,1H3,(H,15,17)(H,18,19). The van der Waals surface area contributed by atoms with Gasteiger partial charge in [-0.3, -0.25) is 9.59 Å². The molecular weight excluding hydrogens is 248 g/mol. The second-order valence-electron chi connectivity index (χ2n) is 4.14. The molecule has 1 unspecified atom stereocenters. The number of aliphatic hydroxyl groups is 1. The van der Waals surface area contributed by atoms with Crippen LogP contribution in [0.3, 0.4) is 0 Å². The predicted molar refractivity (Wildman–Crippen MR) is 70.9 cm³/mol. The smallest absolute Gasteiger partial charge is 0.321 e. The van der Waals surface area contributed by atoms with Gasteiger partial charge in [-0.2, -0.15) is 0 Å². The van der Waals surface area contributed by atoms with E-state index in [1.54, 1.807) is 12.1 Å². The Morgan fingerprint density at radius 1 is 1.32 bits per heavy atom. The van der Waals surface area contributed by atoms with Crippen molar-refractivity contribution < 1.29 is 19.8 Å².